The average Bonchev–Trinajstić information content (AvgIpc) is 3.09. The number of sulfonamides is 1. The zero-order valence-electron chi connectivity index (χ0n) is 17.8. The maximum Gasteiger partial charge on any atom is 0.419 e. The quantitative estimate of drug-likeness (QED) is 0.342. The number of carbonyl (C=O) groups is 1. The molecule has 3 rings (SSSR count). The lowest BCUT2D eigenvalue weighted by atomic mass is 10.1. The van der Waals surface area contributed by atoms with Gasteiger partial charge in [0.05, 0.1) is 29.2 Å². The number of carbonyl (C=O) groups excluding carboxylic acids is 1. The van der Waals surface area contributed by atoms with E-state index in [0.717, 1.165) is 4.31 Å². The molecule has 2 N–H and O–H groups in total. The number of fused-ring (bicyclic) bond motifs is 1. The molecule has 10 nitrogen and oxygen atoms in total. The molecule has 0 aliphatic heterocycles. The van der Waals surface area contributed by atoms with Crippen molar-refractivity contribution in [2.24, 2.45) is 0 Å². The van der Waals surface area contributed by atoms with Crippen molar-refractivity contribution in [1.82, 2.24) is 8.87 Å². The van der Waals surface area contributed by atoms with Gasteiger partial charge in [0.2, 0.25) is 10.0 Å². The highest BCUT2D eigenvalue weighted by Gasteiger charge is 2.22. The van der Waals surface area contributed by atoms with E-state index >= 15 is 0 Å². The first-order valence-electron chi connectivity index (χ1n) is 9.92. The molecule has 1 heterocycles. The molecule has 0 saturated carbocycles. The molecule has 1 aromatic heterocycles. The van der Waals surface area contributed by atoms with Crippen LogP contribution in [0.4, 0.5) is 5.69 Å². The van der Waals surface area contributed by atoms with Crippen molar-refractivity contribution in [3.63, 3.8) is 0 Å². The first kappa shape index (κ1) is 23.5. The number of benzene rings is 2. The molecule has 0 unspecified atom stereocenters. The summed E-state index contributed by atoms with van der Waals surface area (Å²) < 4.78 is 37.9. The summed E-state index contributed by atoms with van der Waals surface area (Å²) in [6, 6.07) is 11.1. The van der Waals surface area contributed by atoms with Crippen LogP contribution in [0.2, 0.25) is 0 Å². The van der Waals surface area contributed by atoms with E-state index in [2.05, 4.69) is 5.32 Å². The number of para-hydroxylation sites is 2. The molecule has 3 aromatic rings. The zero-order chi connectivity index (χ0) is 23.3. The molecule has 11 heteroatoms. The molecule has 32 heavy (non-hydrogen) atoms. The third kappa shape index (κ3) is 5.01. The van der Waals surface area contributed by atoms with Gasteiger partial charge in [-0.05, 0) is 36.8 Å². The molecular formula is C21H25N3O7S. The van der Waals surface area contributed by atoms with Crippen LogP contribution in [0.3, 0.4) is 0 Å². The number of nitrogens with zero attached hydrogens (tertiary/aromatic N) is 2. The Morgan fingerprint density at radius 1 is 1.22 bits per heavy atom. The van der Waals surface area contributed by atoms with Gasteiger partial charge >= 0.3 is 11.7 Å². The van der Waals surface area contributed by atoms with Crippen LogP contribution in [0.5, 0.6) is 0 Å². The van der Waals surface area contributed by atoms with E-state index in [0.29, 0.717) is 23.2 Å². The minimum absolute atomic E-state index is 0.00881. The number of aromatic nitrogens is 1. The molecule has 0 spiro atoms. The maximum atomic E-state index is 12.7. The molecule has 2 aromatic carbocycles. The molecule has 0 saturated heterocycles. The Kier molecular flexibility index (Phi) is 7.33. The van der Waals surface area contributed by atoms with E-state index in [1.807, 2.05) is 0 Å². The minimum atomic E-state index is -3.75. The fourth-order valence-corrected chi connectivity index (χ4v) is 4.03. The van der Waals surface area contributed by atoms with Crippen LogP contribution in [0.15, 0.2) is 56.6 Å². The summed E-state index contributed by atoms with van der Waals surface area (Å²) in [4.78, 5) is 24.7. The number of rotatable bonds is 10. The summed E-state index contributed by atoms with van der Waals surface area (Å²) in [5.74, 6) is -1.21. The summed E-state index contributed by atoms with van der Waals surface area (Å²) in [6.07, 6.45) is 0.351. The molecule has 0 bridgehead atoms. The van der Waals surface area contributed by atoms with E-state index in [1.165, 1.54) is 36.9 Å². The van der Waals surface area contributed by atoms with Crippen molar-refractivity contribution in [2.75, 3.05) is 39.2 Å². The summed E-state index contributed by atoms with van der Waals surface area (Å²) in [7, 11) is -0.959. The zero-order valence-corrected chi connectivity index (χ0v) is 18.6. The number of aliphatic hydroxyl groups excluding tert-OH is 1. The first-order valence-corrected chi connectivity index (χ1v) is 11.4. The number of hydrogen-bond acceptors (Lipinski definition) is 8. The topological polar surface area (TPSA) is 131 Å². The van der Waals surface area contributed by atoms with Gasteiger partial charge in [-0.15, -0.1) is 0 Å². The molecule has 0 fully saturated rings. The average molecular weight is 464 g/mol. The Labute approximate surface area is 185 Å². The summed E-state index contributed by atoms with van der Waals surface area (Å²) in [5.41, 5.74) is 1.51. The summed E-state index contributed by atoms with van der Waals surface area (Å²) in [6.45, 7) is 0.304. The molecule has 0 aliphatic carbocycles. The van der Waals surface area contributed by atoms with E-state index in [4.69, 9.17) is 14.3 Å². The minimum Gasteiger partial charge on any atom is -0.462 e. The Balaban J connectivity index is 1.72. The fourth-order valence-electron chi connectivity index (χ4n) is 3.10. The number of nitrogens with one attached hydrogen (secondary N) is 1. The third-order valence-electron chi connectivity index (χ3n) is 4.75. The Hall–Kier alpha value is -3.15. The lowest BCUT2D eigenvalue weighted by Crippen LogP contribution is -2.23. The highest BCUT2D eigenvalue weighted by molar-refractivity contribution is 7.89. The third-order valence-corrected chi connectivity index (χ3v) is 6.56. The number of aliphatic hydroxyl groups is 1. The van der Waals surface area contributed by atoms with E-state index in [9.17, 15) is 18.0 Å². The summed E-state index contributed by atoms with van der Waals surface area (Å²) >= 11 is 0. The normalized spacial score (nSPS) is 11.8. The number of ether oxygens (including phenoxy) is 1. The van der Waals surface area contributed by atoms with Gasteiger partial charge in [0.25, 0.3) is 0 Å². The van der Waals surface area contributed by atoms with Gasteiger partial charge < -0.3 is 19.6 Å². The van der Waals surface area contributed by atoms with Crippen molar-refractivity contribution < 1.29 is 27.5 Å². The Morgan fingerprint density at radius 3 is 2.69 bits per heavy atom. The van der Waals surface area contributed by atoms with Crippen LogP contribution < -0.4 is 11.1 Å². The van der Waals surface area contributed by atoms with Crippen LogP contribution in [-0.4, -0.2) is 62.2 Å². The van der Waals surface area contributed by atoms with Crippen molar-refractivity contribution in [2.45, 2.75) is 17.9 Å². The van der Waals surface area contributed by atoms with Crippen LogP contribution in [0, 0.1) is 0 Å². The smallest absolute Gasteiger partial charge is 0.419 e. The number of hydrogen-bond donors (Lipinski definition) is 2. The van der Waals surface area contributed by atoms with Gasteiger partial charge in [-0.2, -0.15) is 0 Å². The summed E-state index contributed by atoms with van der Waals surface area (Å²) in [5, 5.41) is 11.9. The van der Waals surface area contributed by atoms with E-state index in [1.54, 1.807) is 24.3 Å². The van der Waals surface area contributed by atoms with Gasteiger partial charge in [-0.1, -0.05) is 12.1 Å². The van der Waals surface area contributed by atoms with E-state index < -0.39 is 21.7 Å². The highest BCUT2D eigenvalue weighted by Crippen LogP contribution is 2.23. The highest BCUT2D eigenvalue weighted by atomic mass is 32.2. The van der Waals surface area contributed by atoms with Crippen LogP contribution in [0.1, 0.15) is 16.8 Å². The molecule has 0 amide bonds. The van der Waals surface area contributed by atoms with Gasteiger partial charge in [0.1, 0.15) is 0 Å². The first-order chi connectivity index (χ1) is 15.3. The Morgan fingerprint density at radius 2 is 1.97 bits per heavy atom. The fraction of sp³-hybridized carbons (Fsp3) is 0.333. The second kappa shape index (κ2) is 9.98. The van der Waals surface area contributed by atoms with Gasteiger partial charge in [-0.25, -0.2) is 22.3 Å². The standard InChI is InChI=1S/C21H25N3O7S/c1-23(2)32(28,29)15-8-9-17(22-10-12-25)16(14-15)20(26)30-13-5-11-24-18-6-3-4-7-19(18)31-21(24)27/h3-4,6-9,14,22,25H,5,10-13H2,1-2H3. The Bertz CT molecular complexity index is 1260. The number of esters is 1. The predicted molar refractivity (Wildman–Crippen MR) is 118 cm³/mol. The second-order valence-electron chi connectivity index (χ2n) is 7.12. The lowest BCUT2D eigenvalue weighted by molar-refractivity contribution is 0.0496. The van der Waals surface area contributed by atoms with Crippen LogP contribution in [-0.2, 0) is 21.3 Å². The van der Waals surface area contributed by atoms with Gasteiger partial charge in [0.15, 0.2) is 5.58 Å². The van der Waals surface area contributed by atoms with Gasteiger partial charge in [0, 0.05) is 32.9 Å². The van der Waals surface area contributed by atoms with E-state index in [-0.39, 0.29) is 36.8 Å². The number of oxazole rings is 1. The second-order valence-corrected chi connectivity index (χ2v) is 9.27. The van der Waals surface area contributed by atoms with Crippen molar-refractivity contribution in [3.8, 4) is 0 Å². The monoisotopic (exact) mass is 463 g/mol. The van der Waals surface area contributed by atoms with Crippen LogP contribution >= 0.6 is 0 Å². The SMILES string of the molecule is CN(C)S(=O)(=O)c1ccc(NCCO)c(C(=O)OCCCn2c(=O)oc3ccccc32)c1. The molecule has 0 aliphatic rings. The van der Waals surface area contributed by atoms with Crippen molar-refractivity contribution in [3.05, 3.63) is 58.6 Å². The maximum absolute atomic E-state index is 12.7. The van der Waals surface area contributed by atoms with Gasteiger partial charge in [-0.3, -0.25) is 4.57 Å². The number of anilines is 1. The molecular weight excluding hydrogens is 438 g/mol. The largest absolute Gasteiger partial charge is 0.462 e. The molecule has 0 radical (unpaired) electrons. The van der Waals surface area contributed by atoms with Crippen molar-refractivity contribution >= 4 is 32.8 Å². The van der Waals surface area contributed by atoms with Crippen LogP contribution in [0.25, 0.3) is 11.1 Å². The predicted octanol–water partition coefficient (Wildman–Crippen LogP) is 1.50. The molecule has 172 valence electrons. The molecule has 0 atom stereocenters. The lowest BCUT2D eigenvalue weighted by Gasteiger charge is -2.15. The number of aryl methyl sites for hydroxylation is 1. The van der Waals surface area contributed by atoms with Crippen molar-refractivity contribution in [1.29, 1.82) is 0 Å².